The standard InChI is InChI=1S/C19H22N2O5/c1-25-15-7-4-8-16(12-15)26-19-14(6-5-11-20-19)13-21-17(22)9-2-3-10-18(23)24/h4-8,11-12H,2-3,9-10,13H2,1H3,(H,21,22)(H,23,24). The van der Waals surface area contributed by atoms with Crippen molar-refractivity contribution in [3.8, 4) is 17.4 Å². The number of carboxylic acid groups (broad SMARTS) is 1. The van der Waals surface area contributed by atoms with Gasteiger partial charge in [0.1, 0.15) is 11.5 Å². The predicted octanol–water partition coefficient (Wildman–Crippen LogP) is 3.14. The molecule has 1 aromatic heterocycles. The maximum atomic E-state index is 11.9. The minimum Gasteiger partial charge on any atom is -0.497 e. The van der Waals surface area contributed by atoms with Crippen LogP contribution >= 0.6 is 0 Å². The molecule has 0 spiro atoms. The summed E-state index contributed by atoms with van der Waals surface area (Å²) in [5.41, 5.74) is 0.745. The second-order valence-electron chi connectivity index (χ2n) is 5.63. The van der Waals surface area contributed by atoms with Crippen molar-refractivity contribution >= 4 is 11.9 Å². The lowest BCUT2D eigenvalue weighted by Gasteiger charge is -2.11. The average molecular weight is 358 g/mol. The average Bonchev–Trinajstić information content (AvgIpc) is 2.64. The first kappa shape index (κ1) is 19.2. The summed E-state index contributed by atoms with van der Waals surface area (Å²) in [5.74, 6) is 0.692. The third-order valence-electron chi connectivity index (χ3n) is 3.63. The van der Waals surface area contributed by atoms with E-state index in [1.54, 1.807) is 31.5 Å². The van der Waals surface area contributed by atoms with Crippen LogP contribution in [0.2, 0.25) is 0 Å². The maximum Gasteiger partial charge on any atom is 0.303 e. The topological polar surface area (TPSA) is 97.8 Å². The smallest absolute Gasteiger partial charge is 0.303 e. The molecule has 26 heavy (non-hydrogen) atoms. The number of unbranched alkanes of at least 4 members (excludes halogenated alkanes) is 1. The zero-order valence-corrected chi connectivity index (χ0v) is 14.6. The summed E-state index contributed by atoms with van der Waals surface area (Å²) in [4.78, 5) is 26.6. The number of rotatable bonds is 10. The third-order valence-corrected chi connectivity index (χ3v) is 3.63. The number of ether oxygens (including phenoxy) is 2. The van der Waals surface area contributed by atoms with Crippen LogP contribution in [0.15, 0.2) is 42.6 Å². The number of hydrogen-bond acceptors (Lipinski definition) is 5. The molecular weight excluding hydrogens is 336 g/mol. The van der Waals surface area contributed by atoms with E-state index in [4.69, 9.17) is 14.6 Å². The Labute approximate surface area is 152 Å². The maximum absolute atomic E-state index is 11.9. The van der Waals surface area contributed by atoms with E-state index in [0.717, 1.165) is 5.56 Å². The van der Waals surface area contributed by atoms with E-state index < -0.39 is 5.97 Å². The van der Waals surface area contributed by atoms with Gasteiger partial charge in [-0.1, -0.05) is 12.1 Å². The number of aliphatic carboxylic acids is 1. The molecule has 0 aliphatic rings. The van der Waals surface area contributed by atoms with E-state index in [1.165, 1.54) is 0 Å². The van der Waals surface area contributed by atoms with Crippen molar-refractivity contribution in [1.82, 2.24) is 10.3 Å². The quantitative estimate of drug-likeness (QED) is 0.633. The molecule has 0 bridgehead atoms. The molecule has 0 saturated carbocycles. The molecule has 1 amide bonds. The number of hydrogen-bond donors (Lipinski definition) is 2. The van der Waals surface area contributed by atoms with Crippen LogP contribution in [0.4, 0.5) is 0 Å². The fourth-order valence-electron chi connectivity index (χ4n) is 2.27. The predicted molar refractivity (Wildman–Crippen MR) is 95.3 cm³/mol. The van der Waals surface area contributed by atoms with Crippen LogP contribution < -0.4 is 14.8 Å². The van der Waals surface area contributed by atoms with Gasteiger partial charge in [0.15, 0.2) is 0 Å². The monoisotopic (exact) mass is 358 g/mol. The van der Waals surface area contributed by atoms with Gasteiger partial charge in [-0.15, -0.1) is 0 Å². The number of pyridine rings is 1. The lowest BCUT2D eigenvalue weighted by Crippen LogP contribution is -2.22. The Morgan fingerprint density at radius 2 is 1.88 bits per heavy atom. The fraction of sp³-hybridized carbons (Fsp3) is 0.316. The number of benzene rings is 1. The molecule has 0 radical (unpaired) electrons. The summed E-state index contributed by atoms with van der Waals surface area (Å²) in [5, 5.41) is 11.4. The molecular formula is C19H22N2O5. The van der Waals surface area contributed by atoms with Crippen molar-refractivity contribution in [2.75, 3.05) is 7.11 Å². The minimum absolute atomic E-state index is 0.0778. The van der Waals surface area contributed by atoms with Crippen molar-refractivity contribution in [3.63, 3.8) is 0 Å². The molecule has 1 heterocycles. The zero-order valence-electron chi connectivity index (χ0n) is 14.6. The highest BCUT2D eigenvalue weighted by Gasteiger charge is 2.09. The van der Waals surface area contributed by atoms with Crippen molar-refractivity contribution < 1.29 is 24.2 Å². The molecule has 0 aliphatic heterocycles. The van der Waals surface area contributed by atoms with Gasteiger partial charge in [0.25, 0.3) is 0 Å². The van der Waals surface area contributed by atoms with Crippen LogP contribution in [0.1, 0.15) is 31.2 Å². The van der Waals surface area contributed by atoms with Crippen LogP contribution in [0.5, 0.6) is 17.4 Å². The van der Waals surface area contributed by atoms with Gasteiger partial charge in [0.2, 0.25) is 11.8 Å². The number of carbonyl (C=O) groups excluding carboxylic acids is 1. The lowest BCUT2D eigenvalue weighted by molar-refractivity contribution is -0.137. The molecule has 0 unspecified atom stereocenters. The second-order valence-corrected chi connectivity index (χ2v) is 5.63. The highest BCUT2D eigenvalue weighted by atomic mass is 16.5. The molecule has 2 rings (SSSR count). The Balaban J connectivity index is 1.90. The molecule has 2 N–H and O–H groups in total. The summed E-state index contributed by atoms with van der Waals surface area (Å²) >= 11 is 0. The van der Waals surface area contributed by atoms with Gasteiger partial charge < -0.3 is 19.9 Å². The van der Waals surface area contributed by atoms with Crippen LogP contribution in [0.25, 0.3) is 0 Å². The van der Waals surface area contributed by atoms with Gasteiger partial charge in [0, 0.05) is 37.2 Å². The number of methoxy groups -OCH3 is 1. The SMILES string of the molecule is COc1cccc(Oc2ncccc2CNC(=O)CCCCC(=O)O)c1. The number of carboxylic acids is 1. The summed E-state index contributed by atoms with van der Waals surface area (Å²) in [6, 6.07) is 10.8. The minimum atomic E-state index is -0.847. The van der Waals surface area contributed by atoms with Crippen LogP contribution in [0, 0.1) is 0 Å². The van der Waals surface area contributed by atoms with Gasteiger partial charge in [-0.2, -0.15) is 0 Å². The second kappa shape index (κ2) is 10.0. The number of nitrogens with zero attached hydrogens (tertiary/aromatic N) is 1. The summed E-state index contributed by atoms with van der Waals surface area (Å²) in [6.45, 7) is 0.283. The van der Waals surface area contributed by atoms with E-state index in [-0.39, 0.29) is 18.9 Å². The first-order valence-corrected chi connectivity index (χ1v) is 8.33. The van der Waals surface area contributed by atoms with E-state index >= 15 is 0 Å². The van der Waals surface area contributed by atoms with Crippen molar-refractivity contribution in [2.24, 2.45) is 0 Å². The Kier molecular flexibility index (Phi) is 7.42. The highest BCUT2D eigenvalue weighted by molar-refractivity contribution is 5.76. The van der Waals surface area contributed by atoms with Gasteiger partial charge in [-0.3, -0.25) is 9.59 Å². The molecule has 138 valence electrons. The normalized spacial score (nSPS) is 10.2. The summed E-state index contributed by atoms with van der Waals surface area (Å²) in [7, 11) is 1.58. The largest absolute Gasteiger partial charge is 0.497 e. The Morgan fingerprint density at radius 1 is 1.12 bits per heavy atom. The van der Waals surface area contributed by atoms with Crippen LogP contribution in [0.3, 0.4) is 0 Å². The molecule has 2 aromatic rings. The lowest BCUT2D eigenvalue weighted by atomic mass is 10.2. The Morgan fingerprint density at radius 3 is 2.65 bits per heavy atom. The van der Waals surface area contributed by atoms with Gasteiger partial charge in [-0.05, 0) is 31.0 Å². The van der Waals surface area contributed by atoms with Gasteiger partial charge in [-0.25, -0.2) is 4.98 Å². The third kappa shape index (κ3) is 6.43. The fourth-order valence-corrected chi connectivity index (χ4v) is 2.27. The molecule has 7 heteroatoms. The van der Waals surface area contributed by atoms with Crippen molar-refractivity contribution in [2.45, 2.75) is 32.2 Å². The zero-order chi connectivity index (χ0) is 18.8. The van der Waals surface area contributed by atoms with Crippen molar-refractivity contribution in [1.29, 1.82) is 0 Å². The van der Waals surface area contributed by atoms with Crippen LogP contribution in [-0.2, 0) is 16.1 Å². The summed E-state index contributed by atoms with van der Waals surface area (Å²) < 4.78 is 11.0. The highest BCUT2D eigenvalue weighted by Crippen LogP contribution is 2.26. The number of nitrogens with one attached hydrogen (secondary N) is 1. The first-order chi connectivity index (χ1) is 12.6. The molecule has 0 aliphatic carbocycles. The molecule has 0 fully saturated rings. The van der Waals surface area contributed by atoms with Gasteiger partial charge in [0.05, 0.1) is 7.11 Å². The number of amides is 1. The van der Waals surface area contributed by atoms with E-state index in [1.807, 2.05) is 18.2 Å². The van der Waals surface area contributed by atoms with Crippen molar-refractivity contribution in [3.05, 3.63) is 48.2 Å². The molecule has 1 aromatic carbocycles. The summed E-state index contributed by atoms with van der Waals surface area (Å²) in [6.07, 6.45) is 3.01. The Hall–Kier alpha value is -3.09. The van der Waals surface area contributed by atoms with E-state index in [0.29, 0.717) is 36.6 Å². The Bertz CT molecular complexity index is 748. The van der Waals surface area contributed by atoms with E-state index in [9.17, 15) is 9.59 Å². The van der Waals surface area contributed by atoms with Crippen LogP contribution in [-0.4, -0.2) is 29.1 Å². The number of aromatic nitrogens is 1. The molecule has 0 saturated heterocycles. The number of carbonyl (C=O) groups is 2. The van der Waals surface area contributed by atoms with E-state index in [2.05, 4.69) is 10.3 Å². The first-order valence-electron chi connectivity index (χ1n) is 8.33. The molecule has 7 nitrogen and oxygen atoms in total. The molecule has 0 atom stereocenters. The van der Waals surface area contributed by atoms with Gasteiger partial charge >= 0.3 is 5.97 Å².